The number of hydrogen-bond donors (Lipinski definition) is 2. The van der Waals surface area contributed by atoms with Crippen LogP contribution in [0.25, 0.3) is 0 Å². The number of benzene rings is 2. The highest BCUT2D eigenvalue weighted by molar-refractivity contribution is 6.03. The van der Waals surface area contributed by atoms with Gasteiger partial charge in [0.15, 0.2) is 0 Å². The van der Waals surface area contributed by atoms with Crippen molar-refractivity contribution >= 4 is 29.2 Å². The van der Waals surface area contributed by atoms with E-state index in [4.69, 9.17) is 0 Å². The van der Waals surface area contributed by atoms with Gasteiger partial charge in [-0.25, -0.2) is 9.37 Å². The molecule has 2 aromatic carbocycles. The maximum Gasteiger partial charge on any atom is 0.248 e. The van der Waals surface area contributed by atoms with Gasteiger partial charge in [-0.15, -0.1) is 0 Å². The van der Waals surface area contributed by atoms with E-state index in [1.807, 2.05) is 39.8 Å². The molecule has 188 valence electrons. The van der Waals surface area contributed by atoms with Crippen molar-refractivity contribution in [3.05, 3.63) is 89.9 Å². The molecule has 36 heavy (non-hydrogen) atoms. The molecule has 8 heteroatoms. The zero-order chi connectivity index (χ0) is 26.3. The van der Waals surface area contributed by atoms with Crippen molar-refractivity contribution in [1.29, 1.82) is 0 Å². The van der Waals surface area contributed by atoms with Crippen molar-refractivity contribution in [2.75, 3.05) is 10.2 Å². The quantitative estimate of drug-likeness (QED) is 0.468. The number of aromatic nitrogens is 1. The summed E-state index contributed by atoms with van der Waals surface area (Å²) in [6.07, 6.45) is 1.27. The largest absolute Gasteiger partial charge is 0.349 e. The molecule has 7 nitrogen and oxygen atoms in total. The number of aryl methyl sites for hydroxylation is 1. The number of rotatable bonds is 8. The van der Waals surface area contributed by atoms with Crippen LogP contribution in [0.3, 0.4) is 0 Å². The molecule has 0 saturated carbocycles. The van der Waals surface area contributed by atoms with E-state index in [9.17, 15) is 18.8 Å². The van der Waals surface area contributed by atoms with Crippen LogP contribution in [0.2, 0.25) is 0 Å². The van der Waals surface area contributed by atoms with E-state index in [1.54, 1.807) is 36.5 Å². The number of carbonyl (C=O) groups excluding carboxylic acids is 3. The fourth-order valence-electron chi connectivity index (χ4n) is 3.63. The summed E-state index contributed by atoms with van der Waals surface area (Å²) < 4.78 is 13.7. The van der Waals surface area contributed by atoms with Crippen LogP contribution in [0.5, 0.6) is 0 Å². The third-order valence-corrected chi connectivity index (χ3v) is 5.27. The minimum absolute atomic E-state index is 0.116. The SMILES string of the molecule is Cc1ccc(C(C(=O)NC(C)(C)C)N(C(=O)CCC(=O)Nc2ccccn2)c2ccc(F)cc2)cc1. The van der Waals surface area contributed by atoms with Gasteiger partial charge in [0, 0.05) is 30.3 Å². The number of anilines is 2. The predicted octanol–water partition coefficient (Wildman–Crippen LogP) is 4.94. The fraction of sp³-hybridized carbons (Fsp3) is 0.286. The molecule has 3 aromatic rings. The summed E-state index contributed by atoms with van der Waals surface area (Å²) in [4.78, 5) is 45.0. The van der Waals surface area contributed by atoms with E-state index in [2.05, 4.69) is 15.6 Å². The van der Waals surface area contributed by atoms with Gasteiger partial charge in [-0.2, -0.15) is 0 Å². The van der Waals surface area contributed by atoms with Crippen molar-refractivity contribution in [3.63, 3.8) is 0 Å². The highest BCUT2D eigenvalue weighted by atomic mass is 19.1. The molecule has 0 bridgehead atoms. The molecule has 0 fully saturated rings. The summed E-state index contributed by atoms with van der Waals surface area (Å²) in [6.45, 7) is 7.48. The highest BCUT2D eigenvalue weighted by Gasteiger charge is 2.34. The third kappa shape index (κ3) is 7.46. The Morgan fingerprint density at radius 1 is 0.944 bits per heavy atom. The molecule has 3 rings (SSSR count). The molecular formula is C28H31FN4O3. The van der Waals surface area contributed by atoms with Crippen LogP contribution in [0.1, 0.15) is 50.8 Å². The number of pyridine rings is 1. The van der Waals surface area contributed by atoms with E-state index in [0.717, 1.165) is 5.56 Å². The lowest BCUT2D eigenvalue weighted by Gasteiger charge is -2.34. The number of carbonyl (C=O) groups is 3. The van der Waals surface area contributed by atoms with Crippen molar-refractivity contribution in [3.8, 4) is 0 Å². The zero-order valence-corrected chi connectivity index (χ0v) is 20.9. The van der Waals surface area contributed by atoms with Crippen LogP contribution >= 0.6 is 0 Å². The summed E-state index contributed by atoms with van der Waals surface area (Å²) >= 11 is 0. The van der Waals surface area contributed by atoms with Gasteiger partial charge in [0.25, 0.3) is 0 Å². The van der Waals surface area contributed by atoms with Gasteiger partial charge in [0.05, 0.1) is 0 Å². The standard InChI is InChI=1S/C28H31FN4O3/c1-19-8-10-20(11-9-19)26(27(36)32-28(2,3)4)33(22-14-12-21(29)13-15-22)25(35)17-16-24(34)31-23-7-5-6-18-30-23/h5-15,18,26H,16-17H2,1-4H3,(H,32,36)(H,30,31,34). The van der Waals surface area contributed by atoms with Crippen molar-refractivity contribution < 1.29 is 18.8 Å². The smallest absolute Gasteiger partial charge is 0.248 e. The summed E-state index contributed by atoms with van der Waals surface area (Å²) in [5.74, 6) is -1.30. The summed E-state index contributed by atoms with van der Waals surface area (Å²) in [5.41, 5.74) is 1.39. The first kappa shape index (κ1) is 26.5. The maximum atomic E-state index is 13.7. The number of hydrogen-bond acceptors (Lipinski definition) is 4. The van der Waals surface area contributed by atoms with Gasteiger partial charge in [0.2, 0.25) is 17.7 Å². The van der Waals surface area contributed by atoms with Crippen molar-refractivity contribution in [2.45, 2.75) is 52.1 Å². The molecule has 0 saturated heterocycles. The Morgan fingerprint density at radius 2 is 1.61 bits per heavy atom. The molecule has 1 aromatic heterocycles. The Labute approximate surface area is 210 Å². The van der Waals surface area contributed by atoms with Crippen LogP contribution in [0.15, 0.2) is 72.9 Å². The molecule has 0 aliphatic heterocycles. The van der Waals surface area contributed by atoms with E-state index < -0.39 is 23.3 Å². The molecule has 1 atom stereocenters. The minimum Gasteiger partial charge on any atom is -0.349 e. The number of halogens is 1. The molecular weight excluding hydrogens is 459 g/mol. The van der Waals surface area contributed by atoms with Crippen LogP contribution in [-0.4, -0.2) is 28.2 Å². The third-order valence-electron chi connectivity index (χ3n) is 5.27. The number of nitrogens with zero attached hydrogens (tertiary/aromatic N) is 2. The Hall–Kier alpha value is -4.07. The van der Waals surface area contributed by atoms with Crippen molar-refractivity contribution in [2.24, 2.45) is 0 Å². The Bertz CT molecular complexity index is 1190. The molecule has 0 aliphatic carbocycles. The Kier molecular flexibility index (Phi) is 8.53. The van der Waals surface area contributed by atoms with E-state index in [-0.39, 0.29) is 24.7 Å². The summed E-state index contributed by atoms with van der Waals surface area (Å²) in [6, 6.07) is 16.8. The monoisotopic (exact) mass is 490 g/mol. The first-order valence-electron chi connectivity index (χ1n) is 11.7. The van der Waals surface area contributed by atoms with Gasteiger partial charge in [-0.05, 0) is 69.7 Å². The normalized spacial score (nSPS) is 11.9. The number of amides is 3. The van der Waals surface area contributed by atoms with Crippen LogP contribution in [0.4, 0.5) is 15.9 Å². The minimum atomic E-state index is -1.03. The molecule has 1 heterocycles. The molecule has 2 N–H and O–H groups in total. The average Bonchev–Trinajstić information content (AvgIpc) is 2.82. The average molecular weight is 491 g/mol. The predicted molar refractivity (Wildman–Crippen MR) is 138 cm³/mol. The first-order chi connectivity index (χ1) is 17.0. The number of nitrogens with one attached hydrogen (secondary N) is 2. The molecule has 0 spiro atoms. The van der Waals surface area contributed by atoms with Crippen molar-refractivity contribution in [1.82, 2.24) is 10.3 Å². The maximum absolute atomic E-state index is 13.7. The Morgan fingerprint density at radius 3 is 2.19 bits per heavy atom. The summed E-state index contributed by atoms with van der Waals surface area (Å²) in [7, 11) is 0. The van der Waals surface area contributed by atoms with Gasteiger partial charge in [-0.3, -0.25) is 19.3 Å². The van der Waals surface area contributed by atoms with E-state index in [0.29, 0.717) is 17.1 Å². The summed E-state index contributed by atoms with van der Waals surface area (Å²) in [5, 5.41) is 5.61. The Balaban J connectivity index is 1.94. The molecule has 0 aliphatic rings. The van der Waals surface area contributed by atoms with Crippen LogP contribution < -0.4 is 15.5 Å². The molecule has 0 radical (unpaired) electrons. The van der Waals surface area contributed by atoms with Gasteiger partial charge < -0.3 is 10.6 Å². The van der Waals surface area contributed by atoms with Gasteiger partial charge >= 0.3 is 0 Å². The van der Waals surface area contributed by atoms with Crippen LogP contribution in [-0.2, 0) is 14.4 Å². The second-order valence-electron chi connectivity index (χ2n) is 9.56. The second kappa shape index (κ2) is 11.6. The highest BCUT2D eigenvalue weighted by Crippen LogP contribution is 2.30. The van der Waals surface area contributed by atoms with Crippen LogP contribution in [0, 0.1) is 12.7 Å². The molecule has 3 amide bonds. The first-order valence-corrected chi connectivity index (χ1v) is 11.7. The second-order valence-corrected chi connectivity index (χ2v) is 9.56. The lowest BCUT2D eigenvalue weighted by atomic mass is 9.99. The zero-order valence-electron chi connectivity index (χ0n) is 20.9. The topological polar surface area (TPSA) is 91.4 Å². The van der Waals surface area contributed by atoms with E-state index in [1.165, 1.54) is 29.2 Å². The van der Waals surface area contributed by atoms with Gasteiger partial charge in [0.1, 0.15) is 17.7 Å². The lowest BCUT2D eigenvalue weighted by molar-refractivity contribution is -0.128. The van der Waals surface area contributed by atoms with E-state index >= 15 is 0 Å². The lowest BCUT2D eigenvalue weighted by Crippen LogP contribution is -2.49. The van der Waals surface area contributed by atoms with Gasteiger partial charge in [-0.1, -0.05) is 35.9 Å². The fourth-order valence-corrected chi connectivity index (χ4v) is 3.63. The molecule has 1 unspecified atom stereocenters.